The second kappa shape index (κ2) is 8.36. The number of benzene rings is 2. The Morgan fingerprint density at radius 3 is 2.79 bits per heavy atom. The van der Waals surface area contributed by atoms with Gasteiger partial charge in [0.05, 0.1) is 23.3 Å². The SMILES string of the molecule is COc1ccc(-c2ccc(C=NNC(=O)c3cccc([N+](=O)[O-])c3)o2)cc1Cl. The quantitative estimate of drug-likeness (QED) is 0.378. The molecule has 3 aromatic rings. The van der Waals surface area contributed by atoms with Crippen LogP contribution in [0.3, 0.4) is 0 Å². The topological polar surface area (TPSA) is 107 Å². The molecule has 0 atom stereocenters. The number of hydrogen-bond donors (Lipinski definition) is 1. The lowest BCUT2D eigenvalue weighted by Gasteiger charge is -2.04. The van der Waals surface area contributed by atoms with E-state index >= 15 is 0 Å². The molecule has 0 fully saturated rings. The molecule has 0 saturated carbocycles. The molecule has 0 aliphatic carbocycles. The zero-order valence-electron chi connectivity index (χ0n) is 14.6. The van der Waals surface area contributed by atoms with Crippen molar-refractivity contribution in [3.05, 3.63) is 81.1 Å². The smallest absolute Gasteiger partial charge is 0.271 e. The van der Waals surface area contributed by atoms with Crippen LogP contribution in [0.2, 0.25) is 5.02 Å². The predicted octanol–water partition coefficient (Wildman–Crippen LogP) is 4.28. The van der Waals surface area contributed by atoms with Gasteiger partial charge in [0.1, 0.15) is 17.3 Å². The Balaban J connectivity index is 1.67. The lowest BCUT2D eigenvalue weighted by atomic mass is 10.2. The molecule has 1 heterocycles. The summed E-state index contributed by atoms with van der Waals surface area (Å²) in [5.74, 6) is 0.952. The van der Waals surface area contributed by atoms with Crippen LogP contribution in [0.25, 0.3) is 11.3 Å². The van der Waals surface area contributed by atoms with E-state index in [1.165, 1.54) is 37.6 Å². The normalized spacial score (nSPS) is 10.8. The van der Waals surface area contributed by atoms with E-state index in [1.807, 2.05) is 0 Å². The number of carbonyl (C=O) groups excluding carboxylic acids is 1. The van der Waals surface area contributed by atoms with Crippen molar-refractivity contribution in [1.29, 1.82) is 0 Å². The standard InChI is InChI=1S/C19H14ClN3O5/c1-27-18-7-5-12(10-16(18)20)17-8-6-15(28-17)11-21-22-19(24)13-3-2-4-14(9-13)23(25)26/h2-11H,1H3,(H,22,24). The maximum Gasteiger partial charge on any atom is 0.271 e. The first kappa shape index (κ1) is 19.1. The van der Waals surface area contributed by atoms with Crippen molar-refractivity contribution in [2.45, 2.75) is 0 Å². The van der Waals surface area contributed by atoms with Crippen LogP contribution in [0.5, 0.6) is 5.75 Å². The summed E-state index contributed by atoms with van der Waals surface area (Å²) in [6.45, 7) is 0. The van der Waals surface area contributed by atoms with Gasteiger partial charge < -0.3 is 9.15 Å². The summed E-state index contributed by atoms with van der Waals surface area (Å²) in [4.78, 5) is 22.2. The lowest BCUT2D eigenvalue weighted by Crippen LogP contribution is -2.17. The lowest BCUT2D eigenvalue weighted by molar-refractivity contribution is -0.384. The van der Waals surface area contributed by atoms with Gasteiger partial charge in [0.25, 0.3) is 11.6 Å². The number of methoxy groups -OCH3 is 1. The first-order valence-corrected chi connectivity index (χ1v) is 8.37. The van der Waals surface area contributed by atoms with Crippen LogP contribution >= 0.6 is 11.6 Å². The third-order valence-electron chi connectivity index (χ3n) is 3.74. The van der Waals surface area contributed by atoms with Crippen molar-refractivity contribution in [2.24, 2.45) is 5.10 Å². The maximum atomic E-state index is 12.0. The average Bonchev–Trinajstić information content (AvgIpc) is 3.17. The van der Waals surface area contributed by atoms with Gasteiger partial charge in [-0.15, -0.1) is 0 Å². The van der Waals surface area contributed by atoms with Gasteiger partial charge in [-0.05, 0) is 36.4 Å². The molecule has 8 nitrogen and oxygen atoms in total. The van der Waals surface area contributed by atoms with Crippen LogP contribution in [0.15, 0.2) is 64.1 Å². The van der Waals surface area contributed by atoms with Gasteiger partial charge in [-0.1, -0.05) is 17.7 Å². The molecule has 0 aliphatic rings. The summed E-state index contributed by atoms with van der Waals surface area (Å²) < 4.78 is 10.8. The highest BCUT2D eigenvalue weighted by atomic mass is 35.5. The largest absolute Gasteiger partial charge is 0.495 e. The third-order valence-corrected chi connectivity index (χ3v) is 4.04. The summed E-state index contributed by atoms with van der Waals surface area (Å²) in [6.07, 6.45) is 1.32. The maximum absolute atomic E-state index is 12.0. The Hall–Kier alpha value is -3.65. The summed E-state index contributed by atoms with van der Waals surface area (Å²) in [7, 11) is 1.53. The van der Waals surface area contributed by atoms with Crippen LogP contribution < -0.4 is 10.2 Å². The van der Waals surface area contributed by atoms with Gasteiger partial charge in [0, 0.05) is 23.3 Å². The number of carbonyl (C=O) groups is 1. The number of nitro groups is 1. The molecule has 3 rings (SSSR count). The van der Waals surface area contributed by atoms with Crippen LogP contribution in [-0.4, -0.2) is 24.2 Å². The van der Waals surface area contributed by atoms with Gasteiger partial charge >= 0.3 is 0 Å². The van der Waals surface area contributed by atoms with E-state index in [-0.39, 0.29) is 11.3 Å². The summed E-state index contributed by atoms with van der Waals surface area (Å²) >= 11 is 6.11. The Morgan fingerprint density at radius 1 is 1.25 bits per heavy atom. The third kappa shape index (κ3) is 4.36. The summed E-state index contributed by atoms with van der Waals surface area (Å²) in [5, 5.41) is 15.0. The first-order valence-electron chi connectivity index (χ1n) is 7.99. The van der Waals surface area contributed by atoms with E-state index in [9.17, 15) is 14.9 Å². The van der Waals surface area contributed by atoms with E-state index in [0.717, 1.165) is 5.56 Å². The Morgan fingerprint density at radius 2 is 2.07 bits per heavy atom. The molecule has 0 aliphatic heterocycles. The van der Waals surface area contributed by atoms with E-state index in [0.29, 0.717) is 22.3 Å². The highest BCUT2D eigenvalue weighted by Gasteiger charge is 2.11. The Kier molecular flexibility index (Phi) is 5.71. The molecule has 1 amide bonds. The molecular weight excluding hydrogens is 386 g/mol. The number of nitrogens with zero attached hydrogens (tertiary/aromatic N) is 2. The number of halogens is 1. The van der Waals surface area contributed by atoms with Gasteiger partial charge in [0.2, 0.25) is 0 Å². The van der Waals surface area contributed by atoms with Crippen LogP contribution in [0, 0.1) is 10.1 Å². The molecule has 142 valence electrons. The monoisotopic (exact) mass is 399 g/mol. The van der Waals surface area contributed by atoms with Gasteiger partial charge in [-0.25, -0.2) is 5.43 Å². The van der Waals surface area contributed by atoms with Crippen LogP contribution in [0.4, 0.5) is 5.69 Å². The number of nitrogens with one attached hydrogen (secondary N) is 1. The Bertz CT molecular complexity index is 1060. The summed E-state index contributed by atoms with van der Waals surface area (Å²) in [5.41, 5.74) is 3.00. The van der Waals surface area contributed by atoms with Crippen molar-refractivity contribution in [3.63, 3.8) is 0 Å². The van der Waals surface area contributed by atoms with Gasteiger partial charge in [-0.2, -0.15) is 5.10 Å². The first-order chi connectivity index (χ1) is 13.5. The fourth-order valence-electron chi connectivity index (χ4n) is 2.38. The second-order valence-corrected chi connectivity index (χ2v) is 5.97. The molecule has 28 heavy (non-hydrogen) atoms. The van der Waals surface area contributed by atoms with Crippen LogP contribution in [-0.2, 0) is 0 Å². The highest BCUT2D eigenvalue weighted by Crippen LogP contribution is 2.30. The summed E-state index contributed by atoms with van der Waals surface area (Å²) in [6, 6.07) is 14.0. The number of nitro benzene ring substituents is 1. The van der Waals surface area contributed by atoms with E-state index in [1.54, 1.807) is 30.3 Å². The molecule has 0 saturated heterocycles. The van der Waals surface area contributed by atoms with Crippen molar-refractivity contribution < 1.29 is 18.9 Å². The minimum absolute atomic E-state index is 0.124. The molecule has 0 unspecified atom stereocenters. The zero-order valence-corrected chi connectivity index (χ0v) is 15.3. The van der Waals surface area contributed by atoms with Crippen molar-refractivity contribution in [1.82, 2.24) is 5.43 Å². The number of non-ortho nitro benzene ring substituents is 1. The van der Waals surface area contributed by atoms with Crippen molar-refractivity contribution in [2.75, 3.05) is 7.11 Å². The number of rotatable bonds is 6. The minimum atomic E-state index is -0.575. The molecule has 0 bridgehead atoms. The molecule has 1 N–H and O–H groups in total. The molecule has 0 radical (unpaired) electrons. The van der Waals surface area contributed by atoms with Gasteiger partial charge in [-0.3, -0.25) is 14.9 Å². The molecule has 2 aromatic carbocycles. The number of ether oxygens (including phenoxy) is 1. The fraction of sp³-hybridized carbons (Fsp3) is 0.0526. The van der Waals surface area contributed by atoms with E-state index in [2.05, 4.69) is 10.5 Å². The van der Waals surface area contributed by atoms with Gasteiger partial charge in [0.15, 0.2) is 0 Å². The molecule has 1 aromatic heterocycles. The average molecular weight is 400 g/mol. The minimum Gasteiger partial charge on any atom is -0.495 e. The van der Waals surface area contributed by atoms with Crippen LogP contribution in [0.1, 0.15) is 16.1 Å². The number of hydrogen-bond acceptors (Lipinski definition) is 6. The zero-order chi connectivity index (χ0) is 20.1. The predicted molar refractivity (Wildman–Crippen MR) is 104 cm³/mol. The molecule has 0 spiro atoms. The van der Waals surface area contributed by atoms with E-state index in [4.69, 9.17) is 20.8 Å². The molecule has 9 heteroatoms. The van der Waals surface area contributed by atoms with Crippen molar-refractivity contribution in [3.8, 4) is 17.1 Å². The molecular formula is C19H14ClN3O5. The van der Waals surface area contributed by atoms with E-state index < -0.39 is 10.8 Å². The number of furan rings is 1. The fourth-order valence-corrected chi connectivity index (χ4v) is 2.63. The number of hydrazone groups is 1. The second-order valence-electron chi connectivity index (χ2n) is 5.56. The Labute approximate surface area is 164 Å². The number of amides is 1. The highest BCUT2D eigenvalue weighted by molar-refractivity contribution is 6.32. The van der Waals surface area contributed by atoms with Crippen molar-refractivity contribution >= 4 is 29.4 Å².